The van der Waals surface area contributed by atoms with E-state index in [-0.39, 0.29) is 11.5 Å². The first-order valence-corrected chi connectivity index (χ1v) is 13.6. The molecule has 36 heavy (non-hydrogen) atoms. The molecule has 4 aromatic carbocycles. The van der Waals surface area contributed by atoms with E-state index in [9.17, 15) is 14.9 Å². The van der Waals surface area contributed by atoms with Gasteiger partial charge in [0, 0.05) is 4.92 Å². The molecule has 0 unspecified atom stereocenters. The highest BCUT2D eigenvalue weighted by Gasteiger charge is 2.40. The van der Waals surface area contributed by atoms with Crippen LogP contribution < -0.4 is 15.9 Å². The van der Waals surface area contributed by atoms with E-state index in [4.69, 9.17) is 4.74 Å². The normalized spacial score (nSPS) is 11.9. The molecule has 0 bridgehead atoms. The van der Waals surface area contributed by atoms with Gasteiger partial charge >= 0.3 is 5.97 Å². The number of benzene rings is 4. The monoisotopic (exact) mass is 497 g/mol. The van der Waals surface area contributed by atoms with Gasteiger partial charge in [-0.15, -0.1) is 0 Å². The second kappa shape index (κ2) is 11.7. The lowest BCUT2D eigenvalue weighted by Crippen LogP contribution is -2.39. The Morgan fingerprint density at radius 2 is 1.14 bits per heavy atom. The summed E-state index contributed by atoms with van der Waals surface area (Å²) in [5.74, 6) is -1.28. The Bertz CT molecular complexity index is 1250. The molecule has 0 aliphatic carbocycles. The molecular weight excluding hydrogens is 469 g/mol. The molecule has 0 aliphatic rings. The average Bonchev–Trinajstić information content (AvgIpc) is 2.92. The molecule has 5 nitrogen and oxygen atoms in total. The van der Waals surface area contributed by atoms with Crippen molar-refractivity contribution in [1.29, 1.82) is 0 Å². The summed E-state index contributed by atoms with van der Waals surface area (Å²) in [7, 11) is 0. The van der Waals surface area contributed by atoms with Gasteiger partial charge < -0.3 is 4.74 Å². The van der Waals surface area contributed by atoms with Crippen molar-refractivity contribution < 1.29 is 14.5 Å². The molecular formula is C30H28NO4P. The highest BCUT2D eigenvalue weighted by atomic mass is 31.2. The van der Waals surface area contributed by atoms with Crippen molar-refractivity contribution in [2.75, 3.05) is 13.2 Å². The number of hydrogen-bond donors (Lipinski definition) is 0. The van der Waals surface area contributed by atoms with Crippen LogP contribution in [0.1, 0.15) is 18.4 Å². The quantitative estimate of drug-likeness (QED) is 0.145. The molecule has 0 radical (unpaired) electrons. The van der Waals surface area contributed by atoms with Crippen molar-refractivity contribution in [1.82, 2.24) is 0 Å². The minimum atomic E-state index is -2.89. The van der Waals surface area contributed by atoms with E-state index in [1.807, 2.05) is 121 Å². The van der Waals surface area contributed by atoms with Gasteiger partial charge in [-0.25, -0.2) is 4.79 Å². The van der Waals surface area contributed by atoms with E-state index in [2.05, 4.69) is 0 Å². The van der Waals surface area contributed by atoms with Crippen molar-refractivity contribution in [3.63, 3.8) is 0 Å². The minimum absolute atomic E-state index is 0.167. The van der Waals surface area contributed by atoms with E-state index in [1.54, 1.807) is 6.92 Å². The van der Waals surface area contributed by atoms with Crippen LogP contribution in [0.15, 0.2) is 121 Å². The fourth-order valence-electron chi connectivity index (χ4n) is 4.72. The van der Waals surface area contributed by atoms with Gasteiger partial charge in [0.2, 0.25) is 6.54 Å². The molecule has 1 atom stereocenters. The summed E-state index contributed by atoms with van der Waals surface area (Å²) >= 11 is 0. The first-order valence-electron chi connectivity index (χ1n) is 11.9. The molecule has 6 heteroatoms. The summed E-state index contributed by atoms with van der Waals surface area (Å²) in [6, 6.07) is 38.8. The van der Waals surface area contributed by atoms with Crippen LogP contribution in [0.4, 0.5) is 0 Å². The zero-order chi connectivity index (χ0) is 25.4. The average molecular weight is 498 g/mol. The fourth-order valence-corrected chi connectivity index (χ4v) is 9.35. The number of carbonyl (C=O) groups is 1. The minimum Gasteiger partial charge on any atom is -0.463 e. The summed E-state index contributed by atoms with van der Waals surface area (Å²) in [5.41, 5.74) is 0.712. The number of nitro groups is 1. The lowest BCUT2D eigenvalue weighted by atomic mass is 9.95. The summed E-state index contributed by atoms with van der Waals surface area (Å²) in [6.07, 6.45) is 0. The Morgan fingerprint density at radius 3 is 1.50 bits per heavy atom. The molecule has 0 amide bonds. The number of carbonyl (C=O) groups excluding carboxylic acids is 1. The fraction of sp³-hybridized carbons (Fsp3) is 0.133. The van der Waals surface area contributed by atoms with Crippen molar-refractivity contribution in [3.05, 3.63) is 137 Å². The van der Waals surface area contributed by atoms with Gasteiger partial charge in [0.05, 0.1) is 17.8 Å². The Kier molecular flexibility index (Phi) is 8.14. The van der Waals surface area contributed by atoms with Gasteiger partial charge in [-0.05, 0) is 35.3 Å². The topological polar surface area (TPSA) is 69.4 Å². The Hall–Kier alpha value is -3.95. The van der Waals surface area contributed by atoms with Crippen molar-refractivity contribution in [2.24, 2.45) is 0 Å². The van der Waals surface area contributed by atoms with Gasteiger partial charge in [-0.1, -0.05) is 121 Å². The molecule has 0 saturated heterocycles. The van der Waals surface area contributed by atoms with Crippen LogP contribution in [0.2, 0.25) is 0 Å². The van der Waals surface area contributed by atoms with Crippen LogP contribution in [0.25, 0.3) is 0 Å². The third kappa shape index (κ3) is 5.02. The van der Waals surface area contributed by atoms with Crippen molar-refractivity contribution in [2.45, 2.75) is 12.8 Å². The lowest BCUT2D eigenvalue weighted by molar-refractivity contribution is -0.480. The predicted molar refractivity (Wildman–Crippen MR) is 148 cm³/mol. The predicted octanol–water partition coefficient (Wildman–Crippen LogP) is 4.78. The number of rotatable bonds is 9. The van der Waals surface area contributed by atoms with Crippen LogP contribution in [-0.2, 0) is 9.53 Å². The van der Waals surface area contributed by atoms with E-state index in [0.29, 0.717) is 10.9 Å². The summed E-state index contributed by atoms with van der Waals surface area (Å²) < 4.78 is 5.69. The van der Waals surface area contributed by atoms with E-state index >= 15 is 0 Å². The molecule has 0 aromatic heterocycles. The molecule has 0 aliphatic heterocycles. The van der Waals surface area contributed by atoms with Crippen LogP contribution >= 0.6 is 6.89 Å². The Labute approximate surface area is 211 Å². The molecule has 0 spiro atoms. The first-order chi connectivity index (χ1) is 17.6. The van der Waals surface area contributed by atoms with Crippen LogP contribution in [0, 0.1) is 10.1 Å². The maximum atomic E-state index is 14.1. The van der Waals surface area contributed by atoms with Gasteiger partial charge in [-0.2, -0.15) is 0 Å². The molecule has 0 N–H and O–H groups in total. The van der Waals surface area contributed by atoms with Crippen molar-refractivity contribution in [3.8, 4) is 0 Å². The van der Waals surface area contributed by atoms with Gasteiger partial charge in [0.15, 0.2) is 0 Å². The summed E-state index contributed by atoms with van der Waals surface area (Å²) in [5, 5.41) is 15.3. The van der Waals surface area contributed by atoms with Crippen molar-refractivity contribution >= 4 is 34.1 Å². The largest absolute Gasteiger partial charge is 0.463 e. The molecule has 0 fully saturated rings. The molecule has 182 valence electrons. The maximum Gasteiger partial charge on any atom is 0.335 e. The second-order valence-corrected chi connectivity index (χ2v) is 11.6. The highest BCUT2D eigenvalue weighted by Crippen LogP contribution is 2.49. The summed E-state index contributed by atoms with van der Waals surface area (Å²) in [4.78, 5) is 25.8. The summed E-state index contributed by atoms with van der Waals surface area (Å²) in [6.45, 7) is -1.39. The first kappa shape index (κ1) is 25.2. The lowest BCUT2D eigenvalue weighted by Gasteiger charge is -2.34. The van der Waals surface area contributed by atoms with E-state index < -0.39 is 25.3 Å². The molecule has 0 heterocycles. The van der Waals surface area contributed by atoms with Crippen LogP contribution in [0.3, 0.4) is 0 Å². The smallest absolute Gasteiger partial charge is 0.335 e. The number of hydrogen-bond acceptors (Lipinski definition) is 4. The molecule has 0 saturated carbocycles. The number of ether oxygens (including phenoxy) is 1. The SMILES string of the molecule is CCOC(=O)C([C@@H](C[N+](=O)[O-])c1ccccc1)=P(c1ccccc1)(c1ccccc1)c1ccccc1. The van der Waals surface area contributed by atoms with Gasteiger partial charge in [-0.3, -0.25) is 10.1 Å². The van der Waals surface area contributed by atoms with E-state index in [1.165, 1.54) is 0 Å². The van der Waals surface area contributed by atoms with E-state index in [0.717, 1.165) is 15.9 Å². The molecule has 4 aromatic rings. The second-order valence-electron chi connectivity index (χ2n) is 8.26. The zero-order valence-electron chi connectivity index (χ0n) is 20.1. The van der Waals surface area contributed by atoms with Crippen LogP contribution in [-0.4, -0.2) is 29.3 Å². The third-order valence-corrected chi connectivity index (χ3v) is 10.6. The Balaban J connectivity index is 2.29. The standard InChI is InChI=1S/C30H28NO4P/c1-2-35-30(32)29(28(23-31(33)34)24-15-7-3-8-16-24)36(25-17-9-4-10-18-25,26-19-11-5-12-20-26)27-21-13-6-14-22-27/h3-22,28H,2,23H2,1H3/t28-/m0/s1. The highest BCUT2D eigenvalue weighted by molar-refractivity contribution is 7.96. The zero-order valence-corrected chi connectivity index (χ0v) is 21.0. The number of esters is 1. The van der Waals surface area contributed by atoms with Gasteiger partial charge in [0.25, 0.3) is 0 Å². The Morgan fingerprint density at radius 1 is 0.750 bits per heavy atom. The maximum absolute atomic E-state index is 14.1. The van der Waals surface area contributed by atoms with Gasteiger partial charge in [0.1, 0.15) is 0 Å². The third-order valence-electron chi connectivity index (χ3n) is 6.14. The molecule has 4 rings (SSSR count). The van der Waals surface area contributed by atoms with Crippen LogP contribution in [0.5, 0.6) is 0 Å². The number of nitrogens with zero attached hydrogens (tertiary/aromatic N) is 1.